The van der Waals surface area contributed by atoms with Crippen LogP contribution in [-0.4, -0.2) is 41.0 Å². The van der Waals surface area contributed by atoms with E-state index in [2.05, 4.69) is 15.3 Å². The summed E-state index contributed by atoms with van der Waals surface area (Å²) in [6, 6.07) is 16.9. The van der Waals surface area contributed by atoms with E-state index in [1.165, 1.54) is 18.5 Å². The lowest BCUT2D eigenvalue weighted by molar-refractivity contribution is -0.0237. The van der Waals surface area contributed by atoms with Crippen LogP contribution in [0.5, 0.6) is 5.75 Å². The van der Waals surface area contributed by atoms with Crippen LogP contribution in [0.4, 0.5) is 15.9 Å². The molecular weight excluding hydrogens is 591 g/mol. The summed E-state index contributed by atoms with van der Waals surface area (Å²) in [5.41, 5.74) is 2.02. The van der Waals surface area contributed by atoms with Gasteiger partial charge < -0.3 is 14.8 Å². The number of anilines is 2. The van der Waals surface area contributed by atoms with Crippen molar-refractivity contribution in [2.75, 3.05) is 17.6 Å². The van der Waals surface area contributed by atoms with Crippen LogP contribution in [0.3, 0.4) is 0 Å². The summed E-state index contributed by atoms with van der Waals surface area (Å²) < 4.78 is 53.4. The fraction of sp³-hybridized carbons (Fsp3) is 0.312. The zero-order chi connectivity index (χ0) is 30.6. The Morgan fingerprint density at radius 2 is 1.95 bits per heavy atom. The monoisotopic (exact) mass is 624 g/mol. The molecule has 8 nitrogen and oxygen atoms in total. The molecule has 11 heteroatoms. The molecule has 0 saturated heterocycles. The number of nitrogens with zero attached hydrogens (tertiary/aromatic N) is 3. The lowest BCUT2D eigenvalue weighted by Gasteiger charge is -2.42. The van der Waals surface area contributed by atoms with Crippen LogP contribution in [0.1, 0.15) is 44.7 Å². The molecule has 0 amide bonds. The quantitative estimate of drug-likeness (QED) is 0.176. The SMILES string of the molecule is CCC(N(CC)S(=O)(=O)CC)C1(c2ccc3ncnc(Nc4ccc(OCc5cccc(F)c5)c(Cl)c4)c3c2)CC=CO1. The van der Waals surface area contributed by atoms with Crippen LogP contribution in [0.25, 0.3) is 10.9 Å². The van der Waals surface area contributed by atoms with Gasteiger partial charge in [-0.3, -0.25) is 0 Å². The van der Waals surface area contributed by atoms with Crippen LogP contribution in [0, 0.1) is 5.82 Å². The topological polar surface area (TPSA) is 93.7 Å². The summed E-state index contributed by atoms with van der Waals surface area (Å²) in [6.45, 7) is 6.01. The molecule has 1 aliphatic rings. The van der Waals surface area contributed by atoms with Crippen molar-refractivity contribution in [3.63, 3.8) is 0 Å². The molecule has 0 aliphatic carbocycles. The maximum Gasteiger partial charge on any atom is 0.214 e. The summed E-state index contributed by atoms with van der Waals surface area (Å²) in [6.07, 6.45) is 6.15. The molecule has 1 N–H and O–H groups in total. The maximum atomic E-state index is 13.5. The highest BCUT2D eigenvalue weighted by molar-refractivity contribution is 7.89. The average Bonchev–Trinajstić information content (AvgIpc) is 3.50. The first-order valence-corrected chi connectivity index (χ1v) is 16.2. The molecule has 1 aromatic heterocycles. The largest absolute Gasteiger partial charge is 0.488 e. The van der Waals surface area contributed by atoms with Crippen molar-refractivity contribution in [2.45, 2.75) is 51.9 Å². The molecule has 2 unspecified atom stereocenters. The number of hydrogen-bond donors (Lipinski definition) is 1. The number of halogens is 2. The van der Waals surface area contributed by atoms with Crippen molar-refractivity contribution in [1.29, 1.82) is 0 Å². The summed E-state index contributed by atoms with van der Waals surface area (Å²) >= 11 is 6.53. The van der Waals surface area contributed by atoms with E-state index in [0.29, 0.717) is 52.7 Å². The van der Waals surface area contributed by atoms with Gasteiger partial charge in [0.15, 0.2) is 5.60 Å². The Kier molecular flexibility index (Phi) is 9.19. The second kappa shape index (κ2) is 12.9. The molecule has 0 radical (unpaired) electrons. The number of likely N-dealkylation sites (N-methyl/N-ethyl adjacent to an activating group) is 1. The predicted molar refractivity (Wildman–Crippen MR) is 167 cm³/mol. The Hall–Kier alpha value is -3.73. The van der Waals surface area contributed by atoms with Crippen molar-refractivity contribution in [1.82, 2.24) is 14.3 Å². The van der Waals surface area contributed by atoms with Gasteiger partial charge in [0.05, 0.1) is 28.6 Å². The highest BCUT2D eigenvalue weighted by Crippen LogP contribution is 2.43. The Bertz CT molecular complexity index is 1740. The molecule has 1 aliphatic heterocycles. The number of nitrogens with one attached hydrogen (secondary N) is 1. The number of rotatable bonds is 12. The van der Waals surface area contributed by atoms with Gasteiger partial charge in [-0.1, -0.05) is 43.6 Å². The van der Waals surface area contributed by atoms with Gasteiger partial charge in [0, 0.05) is 24.0 Å². The van der Waals surface area contributed by atoms with Gasteiger partial charge >= 0.3 is 0 Å². The first-order valence-electron chi connectivity index (χ1n) is 14.2. The molecular formula is C32H34ClFN4O4S. The third-order valence-corrected chi connectivity index (χ3v) is 9.96. The summed E-state index contributed by atoms with van der Waals surface area (Å²) in [4.78, 5) is 8.95. The number of fused-ring (bicyclic) bond motifs is 1. The molecule has 0 saturated carbocycles. The number of sulfonamides is 1. The lowest BCUT2D eigenvalue weighted by Crippen LogP contribution is -2.53. The number of benzene rings is 3. The van der Waals surface area contributed by atoms with Gasteiger partial charge in [-0.25, -0.2) is 22.8 Å². The van der Waals surface area contributed by atoms with Gasteiger partial charge in [0.25, 0.3) is 0 Å². The van der Waals surface area contributed by atoms with Gasteiger partial charge in [0.2, 0.25) is 10.0 Å². The van der Waals surface area contributed by atoms with Crippen molar-refractivity contribution in [3.05, 3.63) is 101 Å². The van der Waals surface area contributed by atoms with Crippen molar-refractivity contribution >= 4 is 44.0 Å². The zero-order valence-electron chi connectivity index (χ0n) is 24.3. The number of hydrogen-bond acceptors (Lipinski definition) is 7. The normalized spacial score (nSPS) is 17.3. The summed E-state index contributed by atoms with van der Waals surface area (Å²) in [5, 5.41) is 4.46. The van der Waals surface area contributed by atoms with Crippen molar-refractivity contribution in [3.8, 4) is 5.75 Å². The molecule has 0 spiro atoms. The number of aromatic nitrogens is 2. The summed E-state index contributed by atoms with van der Waals surface area (Å²) in [7, 11) is -3.48. The molecule has 0 fully saturated rings. The second-order valence-corrected chi connectivity index (χ2v) is 12.9. The molecule has 43 heavy (non-hydrogen) atoms. The molecule has 3 aromatic carbocycles. The predicted octanol–water partition coefficient (Wildman–Crippen LogP) is 7.32. The highest BCUT2D eigenvalue weighted by Gasteiger charge is 2.48. The Morgan fingerprint density at radius 3 is 2.63 bits per heavy atom. The molecule has 2 heterocycles. The van der Waals surface area contributed by atoms with E-state index in [4.69, 9.17) is 21.1 Å². The van der Waals surface area contributed by atoms with Crippen LogP contribution in [-0.2, 0) is 27.0 Å². The lowest BCUT2D eigenvalue weighted by atomic mass is 9.82. The maximum absolute atomic E-state index is 13.5. The van der Waals surface area contributed by atoms with Crippen LogP contribution in [0.15, 0.2) is 79.3 Å². The van der Waals surface area contributed by atoms with Crippen LogP contribution in [0.2, 0.25) is 5.02 Å². The second-order valence-electron chi connectivity index (χ2n) is 10.3. The van der Waals surface area contributed by atoms with Crippen LogP contribution >= 0.6 is 11.6 Å². The smallest absolute Gasteiger partial charge is 0.214 e. The Morgan fingerprint density at radius 1 is 1.12 bits per heavy atom. The Balaban J connectivity index is 1.45. The first-order chi connectivity index (χ1) is 20.7. The minimum atomic E-state index is -3.48. The molecule has 4 aromatic rings. The van der Waals surface area contributed by atoms with Crippen molar-refractivity contribution < 1.29 is 22.3 Å². The van der Waals surface area contributed by atoms with E-state index < -0.39 is 21.7 Å². The van der Waals surface area contributed by atoms with Crippen LogP contribution < -0.4 is 10.1 Å². The third kappa shape index (κ3) is 6.32. The fourth-order valence-corrected chi connectivity index (χ4v) is 7.28. The van der Waals surface area contributed by atoms with Gasteiger partial charge in [-0.2, -0.15) is 4.31 Å². The zero-order valence-corrected chi connectivity index (χ0v) is 25.8. The van der Waals surface area contributed by atoms with E-state index in [1.54, 1.807) is 41.8 Å². The van der Waals surface area contributed by atoms with Gasteiger partial charge in [-0.15, -0.1) is 0 Å². The minimum Gasteiger partial charge on any atom is -0.488 e. The molecule has 226 valence electrons. The van der Waals surface area contributed by atoms with Gasteiger partial charge in [0.1, 0.15) is 30.3 Å². The first kappa shape index (κ1) is 30.7. The van der Waals surface area contributed by atoms with Crippen molar-refractivity contribution in [2.24, 2.45) is 0 Å². The highest BCUT2D eigenvalue weighted by atomic mass is 35.5. The molecule has 0 bridgehead atoms. The third-order valence-electron chi connectivity index (χ3n) is 7.70. The van der Waals surface area contributed by atoms with E-state index >= 15 is 0 Å². The Labute approximate surface area is 256 Å². The minimum absolute atomic E-state index is 0.0116. The van der Waals surface area contributed by atoms with E-state index in [-0.39, 0.29) is 18.2 Å². The molecule has 5 rings (SSSR count). The van der Waals surface area contributed by atoms with E-state index in [9.17, 15) is 12.8 Å². The van der Waals surface area contributed by atoms with Gasteiger partial charge in [-0.05, 0) is 73.0 Å². The average molecular weight is 625 g/mol. The fourth-order valence-electron chi connectivity index (χ4n) is 5.62. The van der Waals surface area contributed by atoms with E-state index in [1.807, 2.05) is 44.2 Å². The number of ether oxygens (including phenoxy) is 2. The molecule has 2 atom stereocenters. The standard InChI is InChI=1S/C32H34ClFN4O4S/c1-4-30(38(5-2)43(39,40)6-3)32(15-8-16-42-32)23-11-13-28-26(18-23)31(36-21-35-28)37-25-12-14-29(27(33)19-25)41-20-22-9-7-10-24(34)17-22/h7-14,16-19,21,30H,4-6,15,20H2,1-3H3,(H,35,36,37). The van der Waals surface area contributed by atoms with E-state index in [0.717, 1.165) is 10.9 Å². The summed E-state index contributed by atoms with van der Waals surface area (Å²) in [5.74, 6) is 0.705.